The smallest absolute Gasteiger partial charge is 0.277 e. The summed E-state index contributed by atoms with van der Waals surface area (Å²) in [4.78, 5) is 28.7. The minimum atomic E-state index is -0.636. The number of aromatic hydroxyl groups is 1. The molecule has 23 heavy (non-hydrogen) atoms. The Hall–Kier alpha value is -2.86. The number of benzene rings is 1. The second kappa shape index (κ2) is 5.73. The predicted molar refractivity (Wildman–Crippen MR) is 88.1 cm³/mol. The number of rotatable bonds is 2. The van der Waals surface area contributed by atoms with Crippen molar-refractivity contribution in [3.8, 4) is 5.75 Å². The molecule has 3 aromatic rings. The maximum atomic E-state index is 12.4. The van der Waals surface area contributed by atoms with Crippen LogP contribution in [0.25, 0.3) is 10.8 Å². The van der Waals surface area contributed by atoms with Gasteiger partial charge in [0.05, 0.1) is 10.4 Å². The van der Waals surface area contributed by atoms with Gasteiger partial charge in [0.2, 0.25) is 0 Å². The average Bonchev–Trinajstić information content (AvgIpc) is 2.55. The Morgan fingerprint density at radius 1 is 1.22 bits per heavy atom. The quantitative estimate of drug-likeness (QED) is 0.756. The zero-order chi connectivity index (χ0) is 16.6. The topological polar surface area (TPSA) is 84.2 Å². The SMILES string of the molecule is Cn1c(C(=O)Nc2ccc(Cl)cn2)c(O)c2ccccc2c1=O. The fourth-order valence-electron chi connectivity index (χ4n) is 2.33. The van der Waals surface area contributed by atoms with E-state index in [2.05, 4.69) is 10.3 Å². The highest BCUT2D eigenvalue weighted by molar-refractivity contribution is 6.30. The summed E-state index contributed by atoms with van der Waals surface area (Å²) < 4.78 is 1.11. The van der Waals surface area contributed by atoms with E-state index < -0.39 is 5.91 Å². The van der Waals surface area contributed by atoms with Crippen LogP contribution in [0.5, 0.6) is 5.75 Å². The molecule has 0 fully saturated rings. The number of carbonyl (C=O) groups is 1. The predicted octanol–water partition coefficient (Wildman–Crippen LogP) is 2.54. The van der Waals surface area contributed by atoms with Crippen molar-refractivity contribution in [3.05, 3.63) is 63.7 Å². The van der Waals surface area contributed by atoms with Crippen molar-refractivity contribution in [2.45, 2.75) is 0 Å². The number of hydrogen-bond acceptors (Lipinski definition) is 4. The Kier molecular flexibility index (Phi) is 3.75. The highest BCUT2D eigenvalue weighted by atomic mass is 35.5. The van der Waals surface area contributed by atoms with Crippen LogP contribution in [0.15, 0.2) is 47.4 Å². The number of anilines is 1. The van der Waals surface area contributed by atoms with Gasteiger partial charge in [0.1, 0.15) is 5.82 Å². The molecule has 1 amide bonds. The molecule has 1 aromatic carbocycles. The molecule has 6 nitrogen and oxygen atoms in total. The number of fused-ring (bicyclic) bond motifs is 1. The van der Waals surface area contributed by atoms with E-state index in [4.69, 9.17) is 11.6 Å². The van der Waals surface area contributed by atoms with Crippen molar-refractivity contribution >= 4 is 34.1 Å². The van der Waals surface area contributed by atoms with Crippen LogP contribution in [0, 0.1) is 0 Å². The van der Waals surface area contributed by atoms with Gasteiger partial charge in [0.15, 0.2) is 11.4 Å². The van der Waals surface area contributed by atoms with Crippen LogP contribution in [0.2, 0.25) is 5.02 Å². The van der Waals surface area contributed by atoms with E-state index in [9.17, 15) is 14.7 Å². The van der Waals surface area contributed by atoms with Gasteiger partial charge in [0.25, 0.3) is 11.5 Å². The fraction of sp³-hybridized carbons (Fsp3) is 0.0625. The first-order valence-corrected chi connectivity index (χ1v) is 7.10. The van der Waals surface area contributed by atoms with Crippen molar-refractivity contribution in [1.29, 1.82) is 0 Å². The molecule has 0 atom stereocenters. The summed E-state index contributed by atoms with van der Waals surface area (Å²) in [5.41, 5.74) is -0.502. The van der Waals surface area contributed by atoms with Crippen molar-refractivity contribution in [1.82, 2.24) is 9.55 Å². The molecular formula is C16H12ClN3O3. The standard InChI is InChI=1S/C16H12ClN3O3/c1-20-13(15(22)19-12-7-6-9(17)8-18-12)14(21)10-4-2-3-5-11(10)16(20)23/h2-8,21H,1H3,(H,18,19,22). The molecule has 0 aliphatic rings. The van der Waals surface area contributed by atoms with Gasteiger partial charge in [-0.2, -0.15) is 0 Å². The van der Waals surface area contributed by atoms with Gasteiger partial charge in [-0.05, 0) is 18.2 Å². The number of halogens is 1. The van der Waals surface area contributed by atoms with Crippen molar-refractivity contribution in [2.24, 2.45) is 7.05 Å². The number of nitrogens with one attached hydrogen (secondary N) is 1. The van der Waals surface area contributed by atoms with Crippen LogP contribution >= 0.6 is 11.6 Å². The number of pyridine rings is 2. The van der Waals surface area contributed by atoms with Gasteiger partial charge in [-0.1, -0.05) is 29.8 Å². The lowest BCUT2D eigenvalue weighted by molar-refractivity contribution is 0.101. The summed E-state index contributed by atoms with van der Waals surface area (Å²) in [6.07, 6.45) is 1.39. The van der Waals surface area contributed by atoms with Gasteiger partial charge in [-0.3, -0.25) is 9.59 Å². The molecule has 7 heteroatoms. The zero-order valence-corrected chi connectivity index (χ0v) is 12.8. The summed E-state index contributed by atoms with van der Waals surface area (Å²) in [7, 11) is 1.43. The third kappa shape index (κ3) is 2.64. The van der Waals surface area contributed by atoms with Gasteiger partial charge in [-0.15, -0.1) is 0 Å². The maximum Gasteiger partial charge on any atom is 0.277 e. The third-order valence-electron chi connectivity index (χ3n) is 3.46. The van der Waals surface area contributed by atoms with E-state index in [0.29, 0.717) is 15.8 Å². The summed E-state index contributed by atoms with van der Waals surface area (Å²) in [6.45, 7) is 0. The van der Waals surface area contributed by atoms with Crippen molar-refractivity contribution < 1.29 is 9.90 Å². The van der Waals surface area contributed by atoms with Crippen molar-refractivity contribution in [2.75, 3.05) is 5.32 Å². The molecule has 0 spiro atoms. The lowest BCUT2D eigenvalue weighted by Crippen LogP contribution is -2.27. The minimum Gasteiger partial charge on any atom is -0.505 e. The molecule has 2 heterocycles. The first kappa shape index (κ1) is 15.1. The van der Waals surface area contributed by atoms with E-state index in [1.165, 1.54) is 19.3 Å². The number of aromatic nitrogens is 2. The van der Waals surface area contributed by atoms with Crippen LogP contribution in [0.3, 0.4) is 0 Å². The highest BCUT2D eigenvalue weighted by Crippen LogP contribution is 2.26. The van der Waals surface area contributed by atoms with E-state index in [1.807, 2.05) is 0 Å². The van der Waals surface area contributed by atoms with Crippen LogP contribution in [-0.4, -0.2) is 20.6 Å². The second-order valence-electron chi connectivity index (χ2n) is 4.92. The molecular weight excluding hydrogens is 318 g/mol. The van der Waals surface area contributed by atoms with E-state index in [0.717, 1.165) is 4.57 Å². The zero-order valence-electron chi connectivity index (χ0n) is 12.1. The van der Waals surface area contributed by atoms with Crippen LogP contribution in [-0.2, 0) is 7.05 Å². The summed E-state index contributed by atoms with van der Waals surface area (Å²) >= 11 is 5.74. The summed E-state index contributed by atoms with van der Waals surface area (Å²) in [5, 5.41) is 14.0. The number of hydrogen-bond donors (Lipinski definition) is 2. The Balaban J connectivity index is 2.10. The maximum absolute atomic E-state index is 12.4. The van der Waals surface area contributed by atoms with Gasteiger partial charge in [0, 0.05) is 18.6 Å². The molecule has 0 bridgehead atoms. The van der Waals surface area contributed by atoms with Crippen LogP contribution < -0.4 is 10.9 Å². The molecule has 0 aliphatic heterocycles. The molecule has 0 saturated carbocycles. The Morgan fingerprint density at radius 2 is 1.91 bits per heavy atom. The molecule has 116 valence electrons. The van der Waals surface area contributed by atoms with E-state index in [-0.39, 0.29) is 22.8 Å². The van der Waals surface area contributed by atoms with Crippen LogP contribution in [0.4, 0.5) is 5.82 Å². The van der Waals surface area contributed by atoms with Gasteiger partial charge >= 0.3 is 0 Å². The molecule has 0 aliphatic carbocycles. The minimum absolute atomic E-state index is 0.134. The lowest BCUT2D eigenvalue weighted by Gasteiger charge is -2.12. The first-order valence-electron chi connectivity index (χ1n) is 6.72. The largest absolute Gasteiger partial charge is 0.505 e. The highest BCUT2D eigenvalue weighted by Gasteiger charge is 2.20. The molecule has 0 radical (unpaired) electrons. The van der Waals surface area contributed by atoms with Crippen molar-refractivity contribution in [3.63, 3.8) is 0 Å². The number of carbonyl (C=O) groups excluding carboxylic acids is 1. The molecule has 0 unspecified atom stereocenters. The summed E-state index contributed by atoms with van der Waals surface area (Å²) in [5.74, 6) is -0.628. The summed E-state index contributed by atoms with van der Waals surface area (Å²) in [6, 6.07) is 9.66. The first-order chi connectivity index (χ1) is 11.0. The molecule has 2 N–H and O–H groups in total. The Bertz CT molecular complexity index is 965. The average molecular weight is 330 g/mol. The van der Waals surface area contributed by atoms with E-state index in [1.54, 1.807) is 30.3 Å². The fourth-order valence-corrected chi connectivity index (χ4v) is 2.44. The third-order valence-corrected chi connectivity index (χ3v) is 3.68. The van der Waals surface area contributed by atoms with Gasteiger partial charge in [-0.25, -0.2) is 4.98 Å². The van der Waals surface area contributed by atoms with E-state index >= 15 is 0 Å². The second-order valence-corrected chi connectivity index (χ2v) is 5.36. The Morgan fingerprint density at radius 3 is 2.57 bits per heavy atom. The monoisotopic (exact) mass is 329 g/mol. The Labute approximate surface area is 136 Å². The number of nitrogens with zero attached hydrogens (tertiary/aromatic N) is 2. The molecule has 2 aromatic heterocycles. The molecule has 3 rings (SSSR count). The normalized spacial score (nSPS) is 10.7. The van der Waals surface area contributed by atoms with Crippen LogP contribution in [0.1, 0.15) is 10.5 Å². The number of amides is 1. The lowest BCUT2D eigenvalue weighted by atomic mass is 10.1. The molecule has 0 saturated heterocycles. The van der Waals surface area contributed by atoms with Gasteiger partial charge < -0.3 is 15.0 Å².